The van der Waals surface area contributed by atoms with Crippen molar-refractivity contribution in [3.63, 3.8) is 0 Å². The Hall–Kier alpha value is -1.76. The number of hydrogen-bond donors (Lipinski definition) is 1. The number of hydrogen-bond acceptors (Lipinski definition) is 4. The van der Waals surface area contributed by atoms with Gasteiger partial charge in [-0.1, -0.05) is 19.1 Å². The van der Waals surface area contributed by atoms with Gasteiger partial charge in [0.1, 0.15) is 5.75 Å². The van der Waals surface area contributed by atoms with E-state index in [0.29, 0.717) is 18.0 Å². The molecule has 2 rings (SSSR count). The Bertz CT molecular complexity index is 615. The number of carbonyl (C=O) groups excluding carboxylic acids is 1. The van der Waals surface area contributed by atoms with Crippen molar-refractivity contribution >= 4 is 21.6 Å². The number of carbonyl (C=O) groups is 1. The average molecular weight is 312 g/mol. The summed E-state index contributed by atoms with van der Waals surface area (Å²) in [5, 5.41) is 2.74. The molecule has 1 aromatic carbocycles. The van der Waals surface area contributed by atoms with Crippen LogP contribution in [0.5, 0.6) is 5.75 Å². The number of anilines is 1. The number of nitrogens with one attached hydrogen (secondary N) is 1. The monoisotopic (exact) mass is 312 g/mol. The number of fused-ring (bicyclic) bond motifs is 1. The van der Waals surface area contributed by atoms with Gasteiger partial charge in [0.15, 0.2) is 6.10 Å². The van der Waals surface area contributed by atoms with Crippen LogP contribution in [0.2, 0.25) is 0 Å². The van der Waals surface area contributed by atoms with E-state index in [-0.39, 0.29) is 18.2 Å². The zero-order valence-corrected chi connectivity index (χ0v) is 13.0. The van der Waals surface area contributed by atoms with Gasteiger partial charge in [0, 0.05) is 6.54 Å². The molecule has 1 N–H and O–H groups in total. The second-order valence-electron chi connectivity index (χ2n) is 4.80. The minimum Gasteiger partial charge on any atom is -0.476 e. The smallest absolute Gasteiger partial charge is 0.263 e. The minimum absolute atomic E-state index is 0.00271. The fourth-order valence-electron chi connectivity index (χ4n) is 2.12. The van der Waals surface area contributed by atoms with E-state index in [1.807, 2.05) is 6.92 Å². The molecule has 7 heteroatoms. The van der Waals surface area contributed by atoms with Crippen LogP contribution < -0.4 is 14.4 Å². The largest absolute Gasteiger partial charge is 0.476 e. The molecule has 0 fully saturated rings. The van der Waals surface area contributed by atoms with Crippen LogP contribution in [0.25, 0.3) is 0 Å². The van der Waals surface area contributed by atoms with Crippen molar-refractivity contribution in [3.8, 4) is 5.75 Å². The summed E-state index contributed by atoms with van der Waals surface area (Å²) in [6.45, 7) is 4.08. The molecule has 0 bridgehead atoms. The second kappa shape index (κ2) is 6.34. The number of nitrogens with zero attached hydrogens (tertiary/aromatic N) is 1. The molecule has 1 aliphatic rings. The van der Waals surface area contributed by atoms with Crippen molar-refractivity contribution in [1.82, 2.24) is 5.32 Å². The molecule has 6 nitrogen and oxygen atoms in total. The van der Waals surface area contributed by atoms with Gasteiger partial charge in [0.05, 0.1) is 18.0 Å². The molecule has 1 aromatic rings. The van der Waals surface area contributed by atoms with Crippen molar-refractivity contribution in [3.05, 3.63) is 24.3 Å². The van der Waals surface area contributed by atoms with Gasteiger partial charge in [-0.3, -0.25) is 9.10 Å². The van der Waals surface area contributed by atoms with Crippen LogP contribution in [0.4, 0.5) is 5.69 Å². The summed E-state index contributed by atoms with van der Waals surface area (Å²) in [6.07, 6.45) is -0.0146. The van der Waals surface area contributed by atoms with Crippen LogP contribution in [0.1, 0.15) is 20.3 Å². The first-order chi connectivity index (χ1) is 9.99. The van der Waals surface area contributed by atoms with Gasteiger partial charge in [-0.05, 0) is 25.5 Å². The SMILES string of the molecule is CCCNC(=O)C1CN(S(=O)(=O)CC)c2ccccc2O1. The molecule has 1 aliphatic heterocycles. The van der Waals surface area contributed by atoms with Crippen molar-refractivity contribution < 1.29 is 17.9 Å². The number of amides is 1. The number of sulfonamides is 1. The van der Waals surface area contributed by atoms with Crippen LogP contribution in [0.15, 0.2) is 24.3 Å². The van der Waals surface area contributed by atoms with Gasteiger partial charge in [-0.15, -0.1) is 0 Å². The lowest BCUT2D eigenvalue weighted by molar-refractivity contribution is -0.127. The maximum absolute atomic E-state index is 12.2. The summed E-state index contributed by atoms with van der Waals surface area (Å²) < 4.78 is 31.4. The minimum atomic E-state index is -3.45. The Morgan fingerprint density at radius 1 is 1.38 bits per heavy atom. The third-order valence-electron chi connectivity index (χ3n) is 3.28. The molecule has 0 aromatic heterocycles. The summed E-state index contributed by atoms with van der Waals surface area (Å²) in [7, 11) is -3.45. The maximum Gasteiger partial charge on any atom is 0.263 e. The lowest BCUT2D eigenvalue weighted by Crippen LogP contribution is -2.51. The fraction of sp³-hybridized carbons (Fsp3) is 0.500. The molecule has 21 heavy (non-hydrogen) atoms. The highest BCUT2D eigenvalue weighted by Crippen LogP contribution is 2.34. The van der Waals surface area contributed by atoms with Crippen LogP contribution in [-0.2, 0) is 14.8 Å². The molecule has 1 unspecified atom stereocenters. The van der Waals surface area contributed by atoms with Crippen LogP contribution in [0.3, 0.4) is 0 Å². The normalized spacial score (nSPS) is 17.8. The van der Waals surface area contributed by atoms with E-state index in [9.17, 15) is 13.2 Å². The van der Waals surface area contributed by atoms with E-state index in [0.717, 1.165) is 6.42 Å². The van der Waals surface area contributed by atoms with E-state index < -0.39 is 16.1 Å². The Morgan fingerprint density at radius 2 is 2.10 bits per heavy atom. The van der Waals surface area contributed by atoms with E-state index in [1.165, 1.54) is 4.31 Å². The fourth-order valence-corrected chi connectivity index (χ4v) is 3.24. The van der Waals surface area contributed by atoms with Gasteiger partial charge in [0.2, 0.25) is 10.0 Å². The molecule has 0 radical (unpaired) electrons. The van der Waals surface area contributed by atoms with E-state index in [4.69, 9.17) is 4.74 Å². The molecular weight excluding hydrogens is 292 g/mol. The summed E-state index contributed by atoms with van der Waals surface area (Å²) in [4.78, 5) is 12.1. The standard InChI is InChI=1S/C14H20N2O4S/c1-3-9-15-14(17)13-10-16(21(18,19)4-2)11-7-5-6-8-12(11)20-13/h5-8,13H,3-4,9-10H2,1-2H3,(H,15,17). The maximum atomic E-state index is 12.2. The Balaban J connectivity index is 2.31. The van der Waals surface area contributed by atoms with Gasteiger partial charge < -0.3 is 10.1 Å². The van der Waals surface area contributed by atoms with Crippen LogP contribution in [-0.4, -0.2) is 39.3 Å². The van der Waals surface area contributed by atoms with Crippen LogP contribution >= 0.6 is 0 Å². The molecule has 0 saturated heterocycles. The zero-order valence-electron chi connectivity index (χ0n) is 12.2. The van der Waals surface area contributed by atoms with Gasteiger partial charge >= 0.3 is 0 Å². The van der Waals surface area contributed by atoms with Crippen molar-refractivity contribution in [2.75, 3.05) is 23.1 Å². The number of para-hydroxylation sites is 2. The highest BCUT2D eigenvalue weighted by atomic mass is 32.2. The zero-order chi connectivity index (χ0) is 15.5. The van der Waals surface area contributed by atoms with Gasteiger partial charge in [0.25, 0.3) is 5.91 Å². The predicted molar refractivity (Wildman–Crippen MR) is 81.0 cm³/mol. The van der Waals surface area contributed by atoms with Crippen molar-refractivity contribution in [2.45, 2.75) is 26.4 Å². The van der Waals surface area contributed by atoms with E-state index in [1.54, 1.807) is 31.2 Å². The molecule has 0 spiro atoms. The number of ether oxygens (including phenoxy) is 1. The average Bonchev–Trinajstić information content (AvgIpc) is 2.51. The lowest BCUT2D eigenvalue weighted by Gasteiger charge is -2.34. The molecule has 0 aliphatic carbocycles. The molecule has 1 heterocycles. The molecule has 0 saturated carbocycles. The first-order valence-corrected chi connectivity index (χ1v) is 8.64. The van der Waals surface area contributed by atoms with Gasteiger partial charge in [-0.25, -0.2) is 8.42 Å². The first kappa shape index (κ1) is 15.6. The first-order valence-electron chi connectivity index (χ1n) is 7.03. The molecule has 116 valence electrons. The Kier molecular flexibility index (Phi) is 4.72. The highest BCUT2D eigenvalue weighted by molar-refractivity contribution is 7.92. The topological polar surface area (TPSA) is 75.7 Å². The third-order valence-corrected chi connectivity index (χ3v) is 5.02. The number of rotatable bonds is 5. The van der Waals surface area contributed by atoms with E-state index in [2.05, 4.69) is 5.32 Å². The predicted octanol–water partition coefficient (Wildman–Crippen LogP) is 1.13. The molecular formula is C14H20N2O4S. The third kappa shape index (κ3) is 3.29. The van der Waals surface area contributed by atoms with E-state index >= 15 is 0 Å². The van der Waals surface area contributed by atoms with Crippen molar-refractivity contribution in [1.29, 1.82) is 0 Å². The molecule has 1 amide bonds. The lowest BCUT2D eigenvalue weighted by atomic mass is 10.2. The molecule has 1 atom stereocenters. The number of benzene rings is 1. The Labute approximate surface area is 125 Å². The summed E-state index contributed by atoms with van der Waals surface area (Å²) in [5.74, 6) is 0.102. The highest BCUT2D eigenvalue weighted by Gasteiger charge is 2.35. The van der Waals surface area contributed by atoms with Crippen molar-refractivity contribution in [2.24, 2.45) is 0 Å². The second-order valence-corrected chi connectivity index (χ2v) is 6.98. The summed E-state index contributed by atoms with van der Waals surface area (Å²) in [6, 6.07) is 6.86. The quantitative estimate of drug-likeness (QED) is 0.884. The Morgan fingerprint density at radius 3 is 2.76 bits per heavy atom. The summed E-state index contributed by atoms with van der Waals surface area (Å²) >= 11 is 0. The summed E-state index contributed by atoms with van der Waals surface area (Å²) in [5.41, 5.74) is 0.485. The van der Waals surface area contributed by atoms with Gasteiger partial charge in [-0.2, -0.15) is 0 Å². The van der Waals surface area contributed by atoms with Crippen LogP contribution in [0, 0.1) is 0 Å².